The van der Waals surface area contributed by atoms with Crippen molar-refractivity contribution in [1.29, 1.82) is 0 Å². The molecule has 1 aliphatic carbocycles. The van der Waals surface area contributed by atoms with Gasteiger partial charge in [-0.3, -0.25) is 0 Å². The van der Waals surface area contributed by atoms with Gasteiger partial charge in [-0.25, -0.2) is 0 Å². The molecule has 2 aromatic rings. The van der Waals surface area contributed by atoms with Crippen molar-refractivity contribution in [2.75, 3.05) is 11.9 Å². The molecule has 0 aliphatic heterocycles. The molecule has 1 heterocycles. The maximum Gasteiger partial charge on any atom is 0.117 e. The van der Waals surface area contributed by atoms with E-state index in [4.69, 9.17) is 5.73 Å². The Hall–Kier alpha value is -1.13. The van der Waals surface area contributed by atoms with E-state index in [1.165, 1.54) is 29.6 Å². The zero-order chi connectivity index (χ0) is 13.3. The molecule has 0 saturated heterocycles. The van der Waals surface area contributed by atoms with Crippen molar-refractivity contribution in [3.05, 3.63) is 24.3 Å². The molecule has 0 bridgehead atoms. The largest absolute Gasteiger partial charge is 0.368 e. The lowest BCUT2D eigenvalue weighted by Crippen LogP contribution is -2.48. The summed E-state index contributed by atoms with van der Waals surface area (Å²) in [6.45, 7) is 3.03. The molecule has 4 heteroatoms. The summed E-state index contributed by atoms with van der Waals surface area (Å²) < 4.78 is 4.51. The first kappa shape index (κ1) is 12.9. The maximum absolute atomic E-state index is 6.08. The molecule has 1 aromatic heterocycles. The molecule has 1 aromatic carbocycles. The van der Waals surface area contributed by atoms with Crippen molar-refractivity contribution in [3.63, 3.8) is 0 Å². The lowest BCUT2D eigenvalue weighted by Gasteiger charge is -2.40. The minimum atomic E-state index is 0.0625. The lowest BCUT2D eigenvalue weighted by molar-refractivity contribution is 0.264. The van der Waals surface area contributed by atoms with Crippen LogP contribution in [0.2, 0.25) is 0 Å². The Balaban J connectivity index is 1.90. The second-order valence-corrected chi connectivity index (χ2v) is 6.61. The van der Waals surface area contributed by atoms with E-state index in [-0.39, 0.29) is 5.54 Å². The van der Waals surface area contributed by atoms with Gasteiger partial charge in [0.05, 0.1) is 11.1 Å². The molecule has 1 aliphatic rings. The van der Waals surface area contributed by atoms with E-state index in [0.29, 0.717) is 6.54 Å². The van der Waals surface area contributed by atoms with Crippen molar-refractivity contribution in [1.82, 2.24) is 4.37 Å². The molecule has 3 nitrogen and oxygen atoms in total. The standard InChI is InChI=1S/C15H21N3S/c1-11-5-4-8-15(9-11,10-16)17-14-12-6-2-3-7-13(12)18-19-14/h2-3,6-7,11,17H,4-5,8-10,16H2,1H3. The number of anilines is 1. The van der Waals surface area contributed by atoms with Gasteiger partial charge in [-0.2, -0.15) is 4.37 Å². The Morgan fingerprint density at radius 2 is 2.32 bits per heavy atom. The van der Waals surface area contributed by atoms with Crippen molar-refractivity contribution in [2.24, 2.45) is 11.7 Å². The second-order valence-electron chi connectivity index (χ2n) is 5.84. The fourth-order valence-electron chi connectivity index (χ4n) is 3.23. The van der Waals surface area contributed by atoms with Crippen LogP contribution < -0.4 is 11.1 Å². The number of nitrogens with two attached hydrogens (primary N) is 1. The van der Waals surface area contributed by atoms with Crippen LogP contribution in [0.3, 0.4) is 0 Å². The SMILES string of the molecule is CC1CCCC(CN)(Nc2snc3ccccc23)C1. The minimum absolute atomic E-state index is 0.0625. The fourth-order valence-corrected chi connectivity index (χ4v) is 4.11. The zero-order valence-electron chi connectivity index (χ0n) is 11.4. The Labute approximate surface area is 118 Å². The molecule has 19 heavy (non-hydrogen) atoms. The molecule has 0 spiro atoms. The smallest absolute Gasteiger partial charge is 0.117 e. The van der Waals surface area contributed by atoms with Crippen LogP contribution in [-0.4, -0.2) is 16.5 Å². The van der Waals surface area contributed by atoms with Gasteiger partial charge in [0.2, 0.25) is 0 Å². The highest BCUT2D eigenvalue weighted by Gasteiger charge is 2.34. The number of fused-ring (bicyclic) bond motifs is 1. The van der Waals surface area contributed by atoms with Gasteiger partial charge in [0.25, 0.3) is 0 Å². The molecule has 3 rings (SSSR count). The molecule has 2 unspecified atom stereocenters. The highest BCUT2D eigenvalue weighted by atomic mass is 32.1. The van der Waals surface area contributed by atoms with Crippen molar-refractivity contribution in [2.45, 2.75) is 38.1 Å². The van der Waals surface area contributed by atoms with E-state index < -0.39 is 0 Å². The maximum atomic E-state index is 6.08. The molecule has 2 atom stereocenters. The second kappa shape index (κ2) is 5.10. The molecule has 0 radical (unpaired) electrons. The first-order valence-corrected chi connectivity index (χ1v) is 7.82. The van der Waals surface area contributed by atoms with E-state index in [9.17, 15) is 0 Å². The van der Waals surface area contributed by atoms with Gasteiger partial charge in [0.1, 0.15) is 5.00 Å². The number of rotatable bonds is 3. The van der Waals surface area contributed by atoms with Crippen LogP contribution >= 0.6 is 11.5 Å². The van der Waals surface area contributed by atoms with Gasteiger partial charge >= 0.3 is 0 Å². The third-order valence-corrected chi connectivity index (χ3v) is 5.04. The van der Waals surface area contributed by atoms with Crippen LogP contribution in [0.1, 0.15) is 32.6 Å². The molecule has 1 fully saturated rings. The van der Waals surface area contributed by atoms with E-state index in [2.05, 4.69) is 34.8 Å². The van der Waals surface area contributed by atoms with Crippen LogP contribution in [0.25, 0.3) is 10.9 Å². The fraction of sp³-hybridized carbons (Fsp3) is 0.533. The highest BCUT2D eigenvalue weighted by Crippen LogP contribution is 2.37. The minimum Gasteiger partial charge on any atom is -0.368 e. The van der Waals surface area contributed by atoms with Crippen molar-refractivity contribution in [3.8, 4) is 0 Å². The summed E-state index contributed by atoms with van der Waals surface area (Å²) in [5, 5.41) is 6.13. The number of nitrogens with one attached hydrogen (secondary N) is 1. The van der Waals surface area contributed by atoms with Gasteiger partial charge in [0.15, 0.2) is 0 Å². The van der Waals surface area contributed by atoms with Gasteiger partial charge in [-0.05, 0) is 42.4 Å². The van der Waals surface area contributed by atoms with Crippen LogP contribution in [0.15, 0.2) is 24.3 Å². The number of benzene rings is 1. The number of nitrogens with zero attached hydrogens (tertiary/aromatic N) is 1. The van der Waals surface area contributed by atoms with Crippen molar-refractivity contribution < 1.29 is 0 Å². The normalized spacial score (nSPS) is 27.6. The zero-order valence-corrected chi connectivity index (χ0v) is 12.2. The van der Waals surface area contributed by atoms with Gasteiger partial charge in [0, 0.05) is 11.9 Å². The number of hydrogen-bond acceptors (Lipinski definition) is 4. The quantitative estimate of drug-likeness (QED) is 0.899. The molecule has 102 valence electrons. The summed E-state index contributed by atoms with van der Waals surface area (Å²) in [5.41, 5.74) is 7.22. The Morgan fingerprint density at radius 3 is 3.11 bits per heavy atom. The van der Waals surface area contributed by atoms with Crippen LogP contribution in [0.4, 0.5) is 5.00 Å². The Morgan fingerprint density at radius 1 is 1.47 bits per heavy atom. The number of hydrogen-bond donors (Lipinski definition) is 2. The van der Waals surface area contributed by atoms with Crippen LogP contribution in [0, 0.1) is 5.92 Å². The lowest BCUT2D eigenvalue weighted by atomic mass is 9.76. The van der Waals surface area contributed by atoms with Crippen LogP contribution in [-0.2, 0) is 0 Å². The molecule has 0 amide bonds. The average molecular weight is 275 g/mol. The third-order valence-electron chi connectivity index (χ3n) is 4.24. The summed E-state index contributed by atoms with van der Waals surface area (Å²) in [4.78, 5) is 0. The molecular weight excluding hydrogens is 254 g/mol. The van der Waals surface area contributed by atoms with Gasteiger partial charge in [-0.15, -0.1) is 0 Å². The predicted octanol–water partition coefficient (Wildman–Crippen LogP) is 3.62. The van der Waals surface area contributed by atoms with E-state index >= 15 is 0 Å². The van der Waals surface area contributed by atoms with E-state index in [1.807, 2.05) is 6.07 Å². The highest BCUT2D eigenvalue weighted by molar-refractivity contribution is 7.11. The third kappa shape index (κ3) is 2.47. The monoisotopic (exact) mass is 275 g/mol. The Bertz CT molecular complexity index is 565. The molecular formula is C15H21N3S. The molecule has 3 N–H and O–H groups in total. The van der Waals surface area contributed by atoms with E-state index in [0.717, 1.165) is 17.9 Å². The average Bonchev–Trinajstić information content (AvgIpc) is 2.82. The summed E-state index contributed by atoms with van der Waals surface area (Å²) in [7, 11) is 0. The summed E-state index contributed by atoms with van der Waals surface area (Å²) in [6.07, 6.45) is 4.92. The Kier molecular flexibility index (Phi) is 3.46. The molecule has 1 saturated carbocycles. The van der Waals surface area contributed by atoms with Crippen LogP contribution in [0.5, 0.6) is 0 Å². The van der Waals surface area contributed by atoms with E-state index in [1.54, 1.807) is 11.5 Å². The first-order valence-electron chi connectivity index (χ1n) is 7.05. The van der Waals surface area contributed by atoms with Gasteiger partial charge in [-0.1, -0.05) is 31.9 Å². The predicted molar refractivity (Wildman–Crippen MR) is 82.7 cm³/mol. The van der Waals surface area contributed by atoms with Gasteiger partial charge < -0.3 is 11.1 Å². The van der Waals surface area contributed by atoms with Crippen molar-refractivity contribution >= 4 is 27.4 Å². The first-order chi connectivity index (χ1) is 9.22. The summed E-state index contributed by atoms with van der Waals surface area (Å²) in [5.74, 6) is 0.754. The number of aromatic nitrogens is 1. The summed E-state index contributed by atoms with van der Waals surface area (Å²) in [6, 6.07) is 8.31. The topological polar surface area (TPSA) is 50.9 Å². The summed E-state index contributed by atoms with van der Waals surface area (Å²) >= 11 is 1.55.